The average molecular weight is 393 g/mol. The molecule has 0 fully saturated rings. The minimum atomic E-state index is -0.215. The summed E-state index contributed by atoms with van der Waals surface area (Å²) in [6.45, 7) is 0.0517. The molecule has 1 heterocycles. The number of pyridine rings is 1. The summed E-state index contributed by atoms with van der Waals surface area (Å²) in [4.78, 5) is 25.6. The van der Waals surface area contributed by atoms with Crippen LogP contribution in [0.3, 0.4) is 0 Å². The first-order valence-corrected chi connectivity index (χ1v) is 9.09. The molecule has 0 aliphatic carbocycles. The molecule has 1 amide bonds. The first kappa shape index (κ1) is 18.1. The molecule has 4 rings (SSSR count). The number of rotatable bonds is 4. The Labute approximate surface area is 166 Å². The Hall–Kier alpha value is -3.31. The highest BCUT2D eigenvalue weighted by Gasteiger charge is 2.14. The van der Waals surface area contributed by atoms with Crippen LogP contribution in [0, 0.1) is 0 Å². The second kappa shape index (κ2) is 7.37. The smallest absolute Gasteiger partial charge is 0.244 e. The Morgan fingerprint density at radius 2 is 1.79 bits per heavy atom. The van der Waals surface area contributed by atoms with Crippen LogP contribution >= 0.6 is 11.6 Å². The number of halogens is 1. The SMILES string of the molecule is COc1ccc2c(c1)c(=O)c1ccccc1n2CC(=O)Nc1cccc(Cl)c1. The molecule has 1 aromatic heterocycles. The van der Waals surface area contributed by atoms with Gasteiger partial charge in [-0.15, -0.1) is 0 Å². The minimum absolute atomic E-state index is 0.0517. The van der Waals surface area contributed by atoms with E-state index < -0.39 is 0 Å². The second-order valence-electron chi connectivity index (χ2n) is 6.37. The van der Waals surface area contributed by atoms with Gasteiger partial charge in [-0.25, -0.2) is 0 Å². The molecule has 3 aromatic carbocycles. The fourth-order valence-corrected chi connectivity index (χ4v) is 3.51. The summed E-state index contributed by atoms with van der Waals surface area (Å²) in [7, 11) is 1.55. The lowest BCUT2D eigenvalue weighted by Crippen LogP contribution is -2.21. The van der Waals surface area contributed by atoms with Crippen molar-refractivity contribution in [3.05, 3.63) is 82.0 Å². The minimum Gasteiger partial charge on any atom is -0.497 e. The molecule has 0 bridgehead atoms. The number of para-hydroxylation sites is 1. The number of aromatic nitrogens is 1. The van der Waals surface area contributed by atoms with Gasteiger partial charge in [-0.1, -0.05) is 29.8 Å². The van der Waals surface area contributed by atoms with Crippen LogP contribution in [0.4, 0.5) is 5.69 Å². The Bertz CT molecular complexity index is 1260. The molecule has 5 nitrogen and oxygen atoms in total. The predicted molar refractivity (Wildman–Crippen MR) is 112 cm³/mol. The Morgan fingerprint density at radius 3 is 2.57 bits per heavy atom. The van der Waals surface area contributed by atoms with Crippen molar-refractivity contribution in [1.82, 2.24) is 4.57 Å². The molecule has 0 radical (unpaired) electrons. The van der Waals surface area contributed by atoms with Gasteiger partial charge in [0.05, 0.1) is 18.1 Å². The Morgan fingerprint density at radius 1 is 1.00 bits per heavy atom. The number of anilines is 1. The van der Waals surface area contributed by atoms with E-state index in [1.54, 1.807) is 55.6 Å². The molecule has 28 heavy (non-hydrogen) atoms. The Balaban J connectivity index is 1.83. The van der Waals surface area contributed by atoms with Gasteiger partial charge in [-0.2, -0.15) is 0 Å². The molecule has 4 aromatic rings. The number of methoxy groups -OCH3 is 1. The molecular formula is C22H17ClN2O3. The number of hydrogen-bond acceptors (Lipinski definition) is 3. The fraction of sp³-hybridized carbons (Fsp3) is 0.0909. The van der Waals surface area contributed by atoms with E-state index in [9.17, 15) is 9.59 Å². The number of benzene rings is 3. The van der Waals surface area contributed by atoms with Crippen molar-refractivity contribution in [2.75, 3.05) is 12.4 Å². The first-order chi connectivity index (χ1) is 13.6. The first-order valence-electron chi connectivity index (χ1n) is 8.71. The lowest BCUT2D eigenvalue weighted by molar-refractivity contribution is -0.116. The van der Waals surface area contributed by atoms with E-state index in [2.05, 4.69) is 5.32 Å². The van der Waals surface area contributed by atoms with Crippen LogP contribution in [-0.4, -0.2) is 17.6 Å². The number of amides is 1. The molecule has 0 unspecified atom stereocenters. The van der Waals surface area contributed by atoms with Gasteiger partial charge in [0.2, 0.25) is 5.91 Å². The summed E-state index contributed by atoms with van der Waals surface area (Å²) in [6.07, 6.45) is 0. The van der Waals surface area contributed by atoms with E-state index in [-0.39, 0.29) is 17.9 Å². The number of nitrogens with one attached hydrogen (secondary N) is 1. The van der Waals surface area contributed by atoms with E-state index >= 15 is 0 Å². The van der Waals surface area contributed by atoms with Crippen LogP contribution in [0.2, 0.25) is 5.02 Å². The zero-order valence-electron chi connectivity index (χ0n) is 15.1. The van der Waals surface area contributed by atoms with Crippen LogP contribution in [-0.2, 0) is 11.3 Å². The number of carbonyl (C=O) groups is 1. The van der Waals surface area contributed by atoms with Crippen molar-refractivity contribution < 1.29 is 9.53 Å². The summed E-state index contributed by atoms with van der Waals surface area (Å²) >= 11 is 5.99. The van der Waals surface area contributed by atoms with Crippen molar-refractivity contribution in [1.29, 1.82) is 0 Å². The van der Waals surface area contributed by atoms with Gasteiger partial charge in [0.15, 0.2) is 5.43 Å². The zero-order chi connectivity index (χ0) is 19.7. The third-order valence-electron chi connectivity index (χ3n) is 4.59. The van der Waals surface area contributed by atoms with Gasteiger partial charge < -0.3 is 14.6 Å². The van der Waals surface area contributed by atoms with Crippen molar-refractivity contribution in [3.63, 3.8) is 0 Å². The van der Waals surface area contributed by atoms with Crippen LogP contribution in [0.1, 0.15) is 0 Å². The van der Waals surface area contributed by atoms with Gasteiger partial charge in [-0.05, 0) is 48.5 Å². The third-order valence-corrected chi connectivity index (χ3v) is 4.82. The number of hydrogen-bond donors (Lipinski definition) is 1. The summed E-state index contributed by atoms with van der Waals surface area (Å²) in [6, 6.07) is 19.5. The number of carbonyl (C=O) groups excluding carboxylic acids is 1. The van der Waals surface area contributed by atoms with Gasteiger partial charge in [0.25, 0.3) is 0 Å². The maximum absolute atomic E-state index is 12.9. The van der Waals surface area contributed by atoms with Crippen LogP contribution in [0.5, 0.6) is 5.75 Å². The molecule has 140 valence electrons. The van der Waals surface area contributed by atoms with E-state index in [0.717, 1.165) is 0 Å². The van der Waals surface area contributed by atoms with Gasteiger partial charge in [0.1, 0.15) is 12.3 Å². The number of nitrogens with zero attached hydrogens (tertiary/aromatic N) is 1. The normalized spacial score (nSPS) is 10.9. The summed E-state index contributed by atoms with van der Waals surface area (Å²) in [5.41, 5.74) is 1.90. The lowest BCUT2D eigenvalue weighted by Gasteiger charge is -2.16. The monoisotopic (exact) mass is 392 g/mol. The number of ether oxygens (including phenoxy) is 1. The molecule has 0 atom stereocenters. The lowest BCUT2D eigenvalue weighted by atomic mass is 10.1. The van der Waals surface area contributed by atoms with Gasteiger partial charge >= 0.3 is 0 Å². The van der Waals surface area contributed by atoms with Crippen molar-refractivity contribution in [2.45, 2.75) is 6.54 Å². The third kappa shape index (κ3) is 3.32. The largest absolute Gasteiger partial charge is 0.497 e. The molecule has 0 saturated carbocycles. The van der Waals surface area contributed by atoms with E-state index in [4.69, 9.17) is 16.3 Å². The maximum atomic E-state index is 12.9. The van der Waals surface area contributed by atoms with E-state index in [0.29, 0.717) is 38.3 Å². The van der Waals surface area contributed by atoms with Crippen LogP contribution in [0.15, 0.2) is 71.5 Å². The second-order valence-corrected chi connectivity index (χ2v) is 6.81. The summed E-state index contributed by atoms with van der Waals surface area (Å²) in [5, 5.41) is 4.46. The molecule has 0 aliphatic rings. The predicted octanol–water partition coefficient (Wildman–Crippen LogP) is 4.46. The summed E-state index contributed by atoms with van der Waals surface area (Å²) < 4.78 is 7.10. The van der Waals surface area contributed by atoms with E-state index in [1.807, 2.05) is 22.8 Å². The quantitative estimate of drug-likeness (QED) is 0.522. The van der Waals surface area contributed by atoms with Crippen LogP contribution < -0.4 is 15.5 Å². The number of fused-ring (bicyclic) bond motifs is 2. The standard InChI is InChI=1S/C22H17ClN2O3/c1-28-16-9-10-20-18(12-16)22(27)17-7-2-3-8-19(17)25(20)13-21(26)24-15-6-4-5-14(23)11-15/h2-12H,13H2,1H3,(H,24,26). The molecule has 6 heteroatoms. The fourth-order valence-electron chi connectivity index (χ4n) is 3.32. The molecular weight excluding hydrogens is 376 g/mol. The van der Waals surface area contributed by atoms with Crippen molar-refractivity contribution in [3.8, 4) is 5.75 Å². The van der Waals surface area contributed by atoms with E-state index in [1.165, 1.54) is 0 Å². The molecule has 0 aliphatic heterocycles. The maximum Gasteiger partial charge on any atom is 0.244 e. The highest BCUT2D eigenvalue weighted by Crippen LogP contribution is 2.23. The summed E-state index contributed by atoms with van der Waals surface area (Å²) in [5.74, 6) is 0.378. The highest BCUT2D eigenvalue weighted by molar-refractivity contribution is 6.30. The zero-order valence-corrected chi connectivity index (χ0v) is 15.9. The van der Waals surface area contributed by atoms with Crippen molar-refractivity contribution in [2.24, 2.45) is 0 Å². The average Bonchev–Trinajstić information content (AvgIpc) is 2.70. The van der Waals surface area contributed by atoms with Crippen LogP contribution in [0.25, 0.3) is 21.8 Å². The van der Waals surface area contributed by atoms with Gasteiger partial charge in [-0.3, -0.25) is 9.59 Å². The topological polar surface area (TPSA) is 60.3 Å². The molecule has 0 spiro atoms. The Kier molecular flexibility index (Phi) is 4.75. The highest BCUT2D eigenvalue weighted by atomic mass is 35.5. The van der Waals surface area contributed by atoms with Gasteiger partial charge in [0, 0.05) is 21.5 Å². The van der Waals surface area contributed by atoms with Crippen molar-refractivity contribution >= 4 is 45.0 Å². The molecule has 1 N–H and O–H groups in total. The molecule has 0 saturated heterocycles.